The van der Waals surface area contributed by atoms with E-state index in [0.29, 0.717) is 11.0 Å². The van der Waals surface area contributed by atoms with Gasteiger partial charge in [0.1, 0.15) is 0 Å². The third kappa shape index (κ3) is 3.58. The number of hydrogen-bond donors (Lipinski definition) is 2. The lowest BCUT2D eigenvalue weighted by Gasteiger charge is -2.39. The van der Waals surface area contributed by atoms with Crippen molar-refractivity contribution < 1.29 is 4.79 Å². The molecule has 0 spiro atoms. The first-order chi connectivity index (χ1) is 9.56. The van der Waals surface area contributed by atoms with Crippen molar-refractivity contribution in [2.45, 2.75) is 39.7 Å². The summed E-state index contributed by atoms with van der Waals surface area (Å²) in [5.74, 6) is 4.88. The summed E-state index contributed by atoms with van der Waals surface area (Å²) < 4.78 is 0. The molecule has 1 fully saturated rings. The molecule has 2 rings (SSSR count). The molecule has 20 heavy (non-hydrogen) atoms. The maximum atomic E-state index is 11.4. The van der Waals surface area contributed by atoms with E-state index in [9.17, 15) is 4.79 Å². The summed E-state index contributed by atoms with van der Waals surface area (Å²) in [4.78, 5) is 13.9. The molecule has 4 heteroatoms. The lowest BCUT2D eigenvalue weighted by molar-refractivity contribution is 0.0953. The van der Waals surface area contributed by atoms with E-state index >= 15 is 0 Å². The number of amides is 1. The van der Waals surface area contributed by atoms with Crippen molar-refractivity contribution in [3.8, 4) is 0 Å². The first-order valence-corrected chi connectivity index (χ1v) is 7.38. The van der Waals surface area contributed by atoms with Crippen LogP contribution in [0, 0.1) is 5.41 Å². The van der Waals surface area contributed by atoms with Gasteiger partial charge in [-0.1, -0.05) is 32.4 Å². The Labute approximate surface area is 121 Å². The Hall–Kier alpha value is -1.39. The van der Waals surface area contributed by atoms with E-state index in [1.54, 1.807) is 0 Å². The summed E-state index contributed by atoms with van der Waals surface area (Å²) in [6.07, 6.45) is 3.82. The number of nitrogens with two attached hydrogens (primary N) is 1. The van der Waals surface area contributed by atoms with Crippen LogP contribution in [0.25, 0.3) is 0 Å². The highest BCUT2D eigenvalue weighted by molar-refractivity contribution is 5.93. The van der Waals surface area contributed by atoms with Gasteiger partial charge in [-0.3, -0.25) is 15.1 Å². The van der Waals surface area contributed by atoms with E-state index in [-0.39, 0.29) is 5.91 Å². The molecule has 0 aliphatic carbocycles. The van der Waals surface area contributed by atoms with E-state index in [0.717, 1.165) is 19.6 Å². The fraction of sp³-hybridized carbons (Fsp3) is 0.562. The van der Waals surface area contributed by atoms with Gasteiger partial charge < -0.3 is 0 Å². The van der Waals surface area contributed by atoms with Crippen LogP contribution in [0.5, 0.6) is 0 Å². The number of carbonyl (C=O) groups is 1. The van der Waals surface area contributed by atoms with Gasteiger partial charge in [0.2, 0.25) is 0 Å². The highest BCUT2D eigenvalue weighted by Gasteiger charge is 2.27. The zero-order valence-electron chi connectivity index (χ0n) is 12.5. The van der Waals surface area contributed by atoms with E-state index < -0.39 is 0 Å². The average Bonchev–Trinajstić information content (AvgIpc) is 2.50. The number of carbonyl (C=O) groups excluding carboxylic acids is 1. The Balaban J connectivity index is 1.90. The lowest BCUT2D eigenvalue weighted by atomic mass is 9.78. The highest BCUT2D eigenvalue weighted by Crippen LogP contribution is 2.34. The van der Waals surface area contributed by atoms with Gasteiger partial charge in [-0.25, -0.2) is 5.84 Å². The molecule has 1 aliphatic rings. The Kier molecular flexibility index (Phi) is 4.78. The molecule has 0 unspecified atom stereocenters. The normalized spacial score (nSPS) is 18.8. The lowest BCUT2D eigenvalue weighted by Crippen LogP contribution is -2.37. The third-order valence-corrected chi connectivity index (χ3v) is 4.67. The highest BCUT2D eigenvalue weighted by atomic mass is 16.2. The van der Waals surface area contributed by atoms with Crippen molar-refractivity contribution >= 4 is 5.91 Å². The summed E-state index contributed by atoms with van der Waals surface area (Å²) >= 11 is 0. The predicted molar refractivity (Wildman–Crippen MR) is 81.0 cm³/mol. The molecule has 1 aromatic rings. The molecule has 0 radical (unpaired) electrons. The van der Waals surface area contributed by atoms with Gasteiger partial charge >= 0.3 is 0 Å². The molecular weight excluding hydrogens is 250 g/mol. The molecular formula is C16H25N3O. The van der Waals surface area contributed by atoms with Crippen LogP contribution >= 0.6 is 0 Å². The first-order valence-electron chi connectivity index (χ1n) is 7.38. The summed E-state index contributed by atoms with van der Waals surface area (Å²) in [6.45, 7) is 7.97. The van der Waals surface area contributed by atoms with Crippen LogP contribution in [0.2, 0.25) is 0 Å². The zero-order valence-corrected chi connectivity index (χ0v) is 12.5. The molecule has 1 heterocycles. The number of benzene rings is 1. The summed E-state index contributed by atoms with van der Waals surface area (Å²) in [7, 11) is 0. The van der Waals surface area contributed by atoms with Gasteiger partial charge in [0.25, 0.3) is 5.91 Å². The zero-order chi connectivity index (χ0) is 14.6. The van der Waals surface area contributed by atoms with E-state index in [4.69, 9.17) is 5.84 Å². The maximum absolute atomic E-state index is 11.4. The van der Waals surface area contributed by atoms with Crippen molar-refractivity contribution in [1.82, 2.24) is 10.3 Å². The largest absolute Gasteiger partial charge is 0.299 e. The van der Waals surface area contributed by atoms with Crippen molar-refractivity contribution in [3.63, 3.8) is 0 Å². The Morgan fingerprint density at radius 2 is 1.90 bits per heavy atom. The number of nitrogens with zero attached hydrogens (tertiary/aromatic N) is 1. The average molecular weight is 275 g/mol. The van der Waals surface area contributed by atoms with Crippen LogP contribution in [-0.2, 0) is 6.54 Å². The molecule has 1 amide bonds. The third-order valence-electron chi connectivity index (χ3n) is 4.67. The fourth-order valence-electron chi connectivity index (χ4n) is 2.71. The molecule has 0 aromatic heterocycles. The van der Waals surface area contributed by atoms with Crippen LogP contribution in [0.15, 0.2) is 24.3 Å². The number of rotatable bonds is 4. The van der Waals surface area contributed by atoms with Crippen molar-refractivity contribution in [1.29, 1.82) is 0 Å². The van der Waals surface area contributed by atoms with Gasteiger partial charge in [-0.05, 0) is 49.0 Å². The van der Waals surface area contributed by atoms with Crippen molar-refractivity contribution in [2.75, 3.05) is 13.1 Å². The number of likely N-dealkylation sites (tertiary alicyclic amines) is 1. The van der Waals surface area contributed by atoms with Crippen LogP contribution in [-0.4, -0.2) is 23.9 Å². The minimum atomic E-state index is -0.242. The molecule has 110 valence electrons. The molecule has 1 aliphatic heterocycles. The van der Waals surface area contributed by atoms with Gasteiger partial charge in [0, 0.05) is 12.1 Å². The van der Waals surface area contributed by atoms with Crippen molar-refractivity contribution in [2.24, 2.45) is 11.3 Å². The molecule has 0 atom stereocenters. The topological polar surface area (TPSA) is 58.4 Å². The molecule has 0 saturated carbocycles. The second-order valence-corrected chi connectivity index (χ2v) is 6.11. The van der Waals surface area contributed by atoms with Gasteiger partial charge in [-0.15, -0.1) is 0 Å². The van der Waals surface area contributed by atoms with Crippen LogP contribution in [0.1, 0.15) is 49.0 Å². The quantitative estimate of drug-likeness (QED) is 0.503. The second kappa shape index (κ2) is 6.37. The monoisotopic (exact) mass is 275 g/mol. The first kappa shape index (κ1) is 15.0. The second-order valence-electron chi connectivity index (χ2n) is 6.11. The Morgan fingerprint density at radius 3 is 2.40 bits per heavy atom. The summed E-state index contributed by atoms with van der Waals surface area (Å²) in [5, 5.41) is 0. The molecule has 0 bridgehead atoms. The molecule has 1 aromatic carbocycles. The predicted octanol–water partition coefficient (Wildman–Crippen LogP) is 2.30. The maximum Gasteiger partial charge on any atom is 0.265 e. The summed E-state index contributed by atoms with van der Waals surface area (Å²) in [6, 6.07) is 7.69. The SMILES string of the molecule is CCC1(C)CCN(Cc2ccc(C(=O)NN)cc2)CC1. The molecule has 4 nitrogen and oxygen atoms in total. The minimum absolute atomic E-state index is 0.242. The van der Waals surface area contributed by atoms with E-state index in [1.165, 1.54) is 24.8 Å². The Morgan fingerprint density at radius 1 is 1.30 bits per heavy atom. The van der Waals surface area contributed by atoms with Crippen LogP contribution in [0.4, 0.5) is 0 Å². The van der Waals surface area contributed by atoms with Crippen LogP contribution < -0.4 is 11.3 Å². The smallest absolute Gasteiger partial charge is 0.265 e. The Bertz CT molecular complexity index is 447. The number of nitrogen functional groups attached to an aromatic ring is 1. The van der Waals surface area contributed by atoms with Gasteiger partial charge in [0.05, 0.1) is 0 Å². The number of piperidine rings is 1. The number of hydrogen-bond acceptors (Lipinski definition) is 3. The van der Waals surface area contributed by atoms with E-state index in [2.05, 4.69) is 24.2 Å². The van der Waals surface area contributed by atoms with Gasteiger partial charge in [-0.2, -0.15) is 0 Å². The standard InChI is InChI=1S/C16H25N3O/c1-3-16(2)8-10-19(11-9-16)12-13-4-6-14(7-5-13)15(20)18-17/h4-7H,3,8-12,17H2,1-2H3,(H,18,20). The van der Waals surface area contributed by atoms with Gasteiger partial charge in [0.15, 0.2) is 0 Å². The molecule has 1 saturated heterocycles. The van der Waals surface area contributed by atoms with Crippen molar-refractivity contribution in [3.05, 3.63) is 35.4 Å². The number of hydrazine groups is 1. The minimum Gasteiger partial charge on any atom is -0.299 e. The van der Waals surface area contributed by atoms with Crippen LogP contribution in [0.3, 0.4) is 0 Å². The van der Waals surface area contributed by atoms with E-state index in [1.807, 2.05) is 24.3 Å². The number of nitrogens with one attached hydrogen (secondary N) is 1. The molecule has 3 N–H and O–H groups in total. The summed E-state index contributed by atoms with van der Waals surface area (Å²) in [5.41, 5.74) is 4.53. The fourth-order valence-corrected chi connectivity index (χ4v) is 2.71.